The number of nitrogens with one attached hydrogen (secondary N) is 2. The number of amides is 2. The number of sulfonamides is 1. The monoisotopic (exact) mass is 449 g/mol. The standard InChI is InChI=1S/C20H23N3O7S/c1-2-30-18(25)4-3-11-21-19(26)14-6-9-17(10-7-14)31(28,29)23-20(27)15-5-8-16(13-24)22-12-15/h5-10,12,24H,2-4,11,13H2,1H3,(H,21,26)(H,23,27). The third-order valence-corrected chi connectivity index (χ3v) is 5.40. The van der Waals surface area contributed by atoms with E-state index < -0.39 is 21.8 Å². The van der Waals surface area contributed by atoms with Gasteiger partial charge in [0.2, 0.25) is 0 Å². The molecule has 166 valence electrons. The molecule has 0 atom stereocenters. The first-order chi connectivity index (χ1) is 14.8. The number of pyridine rings is 1. The summed E-state index contributed by atoms with van der Waals surface area (Å²) in [5, 5.41) is 11.6. The first kappa shape index (κ1) is 24.0. The molecule has 31 heavy (non-hydrogen) atoms. The topological polar surface area (TPSA) is 152 Å². The Balaban J connectivity index is 1.93. The molecule has 0 fully saturated rings. The maximum absolute atomic E-state index is 12.4. The molecule has 0 spiro atoms. The van der Waals surface area contributed by atoms with Crippen molar-refractivity contribution in [1.82, 2.24) is 15.0 Å². The van der Waals surface area contributed by atoms with E-state index in [-0.39, 0.29) is 41.6 Å². The predicted molar refractivity (Wildman–Crippen MR) is 109 cm³/mol. The maximum Gasteiger partial charge on any atom is 0.305 e. The van der Waals surface area contributed by atoms with Crippen LogP contribution in [0.25, 0.3) is 0 Å². The van der Waals surface area contributed by atoms with Crippen LogP contribution in [0.2, 0.25) is 0 Å². The minimum absolute atomic E-state index is 0.0135. The molecule has 0 aliphatic carbocycles. The molecular formula is C20H23N3O7S. The molecule has 0 unspecified atom stereocenters. The predicted octanol–water partition coefficient (Wildman–Crippen LogP) is 0.766. The lowest BCUT2D eigenvalue weighted by atomic mass is 10.2. The first-order valence-electron chi connectivity index (χ1n) is 9.43. The number of carbonyl (C=O) groups is 3. The van der Waals surface area contributed by atoms with Gasteiger partial charge in [0.15, 0.2) is 0 Å². The van der Waals surface area contributed by atoms with Gasteiger partial charge in [-0.25, -0.2) is 13.1 Å². The zero-order valence-corrected chi connectivity index (χ0v) is 17.6. The summed E-state index contributed by atoms with van der Waals surface area (Å²) in [6.45, 7) is 1.97. The summed E-state index contributed by atoms with van der Waals surface area (Å²) in [5.41, 5.74) is 0.582. The van der Waals surface area contributed by atoms with Gasteiger partial charge in [0, 0.05) is 24.7 Å². The van der Waals surface area contributed by atoms with Crippen molar-refractivity contribution in [2.75, 3.05) is 13.2 Å². The summed E-state index contributed by atoms with van der Waals surface area (Å²) in [6, 6.07) is 7.79. The van der Waals surface area contributed by atoms with Crippen LogP contribution in [0, 0.1) is 0 Å². The van der Waals surface area contributed by atoms with Gasteiger partial charge in [0.1, 0.15) is 0 Å². The lowest BCUT2D eigenvalue weighted by Crippen LogP contribution is -2.31. The van der Waals surface area contributed by atoms with E-state index in [2.05, 4.69) is 10.3 Å². The summed E-state index contributed by atoms with van der Waals surface area (Å²) in [4.78, 5) is 39.2. The summed E-state index contributed by atoms with van der Waals surface area (Å²) in [6.07, 6.45) is 1.76. The molecule has 0 radical (unpaired) electrons. The molecule has 0 bridgehead atoms. The van der Waals surface area contributed by atoms with Gasteiger partial charge >= 0.3 is 5.97 Å². The second kappa shape index (κ2) is 11.2. The zero-order chi connectivity index (χ0) is 22.9. The van der Waals surface area contributed by atoms with Crippen molar-refractivity contribution in [3.05, 3.63) is 59.4 Å². The highest BCUT2D eigenvalue weighted by molar-refractivity contribution is 7.90. The van der Waals surface area contributed by atoms with Gasteiger partial charge in [0.05, 0.1) is 29.4 Å². The SMILES string of the molecule is CCOC(=O)CCCNC(=O)c1ccc(S(=O)(=O)NC(=O)c2ccc(CO)nc2)cc1. The highest BCUT2D eigenvalue weighted by Gasteiger charge is 2.19. The number of aromatic nitrogens is 1. The van der Waals surface area contributed by atoms with Crippen molar-refractivity contribution in [1.29, 1.82) is 0 Å². The Morgan fingerprint density at radius 2 is 1.71 bits per heavy atom. The van der Waals surface area contributed by atoms with E-state index >= 15 is 0 Å². The molecule has 1 aromatic carbocycles. The first-order valence-corrected chi connectivity index (χ1v) is 10.9. The second-order valence-corrected chi connectivity index (χ2v) is 8.00. The molecule has 0 aliphatic rings. The zero-order valence-electron chi connectivity index (χ0n) is 16.8. The van der Waals surface area contributed by atoms with Crippen molar-refractivity contribution in [2.24, 2.45) is 0 Å². The van der Waals surface area contributed by atoms with Crippen molar-refractivity contribution < 1.29 is 32.6 Å². The lowest BCUT2D eigenvalue weighted by Gasteiger charge is -2.09. The Bertz CT molecular complexity index is 1020. The number of hydrogen-bond acceptors (Lipinski definition) is 8. The van der Waals surface area contributed by atoms with E-state index in [1.807, 2.05) is 4.72 Å². The Kier molecular flexibility index (Phi) is 8.64. The fourth-order valence-electron chi connectivity index (χ4n) is 2.45. The summed E-state index contributed by atoms with van der Waals surface area (Å²) >= 11 is 0. The van der Waals surface area contributed by atoms with E-state index in [9.17, 15) is 22.8 Å². The number of aliphatic hydroxyl groups excluding tert-OH is 1. The number of rotatable bonds is 10. The largest absolute Gasteiger partial charge is 0.466 e. The van der Waals surface area contributed by atoms with E-state index in [1.54, 1.807) is 6.92 Å². The second-order valence-electron chi connectivity index (χ2n) is 6.32. The molecular weight excluding hydrogens is 426 g/mol. The number of carbonyl (C=O) groups excluding carboxylic acids is 3. The quantitative estimate of drug-likeness (QED) is 0.355. The fraction of sp³-hybridized carbons (Fsp3) is 0.300. The maximum atomic E-state index is 12.4. The lowest BCUT2D eigenvalue weighted by molar-refractivity contribution is -0.143. The Hall–Kier alpha value is -3.31. The number of hydrogen-bond donors (Lipinski definition) is 3. The molecule has 0 saturated heterocycles. The third kappa shape index (κ3) is 7.15. The van der Waals surface area contributed by atoms with E-state index in [0.29, 0.717) is 18.7 Å². The van der Waals surface area contributed by atoms with Gasteiger partial charge in [-0.2, -0.15) is 0 Å². The van der Waals surface area contributed by atoms with Crippen molar-refractivity contribution >= 4 is 27.8 Å². The fourth-order valence-corrected chi connectivity index (χ4v) is 3.42. The smallest absolute Gasteiger partial charge is 0.305 e. The Morgan fingerprint density at radius 1 is 1.03 bits per heavy atom. The molecule has 1 aromatic heterocycles. The van der Waals surface area contributed by atoms with Crippen LogP contribution in [0.1, 0.15) is 46.2 Å². The van der Waals surface area contributed by atoms with Crippen LogP contribution in [-0.2, 0) is 26.2 Å². The van der Waals surface area contributed by atoms with E-state index in [0.717, 1.165) is 6.20 Å². The van der Waals surface area contributed by atoms with E-state index in [4.69, 9.17) is 9.84 Å². The van der Waals surface area contributed by atoms with Gasteiger partial charge in [-0.05, 0) is 49.7 Å². The molecule has 11 heteroatoms. The van der Waals surface area contributed by atoms with Crippen LogP contribution >= 0.6 is 0 Å². The summed E-state index contributed by atoms with van der Waals surface area (Å²) < 4.78 is 31.5. The molecule has 1 heterocycles. The van der Waals surface area contributed by atoms with Crippen molar-refractivity contribution in [2.45, 2.75) is 31.3 Å². The molecule has 3 N–H and O–H groups in total. The van der Waals surface area contributed by atoms with Gasteiger partial charge in [0.25, 0.3) is 21.8 Å². The molecule has 0 aliphatic heterocycles. The molecule has 2 rings (SSSR count). The molecule has 10 nitrogen and oxygen atoms in total. The van der Waals surface area contributed by atoms with Gasteiger partial charge in [-0.1, -0.05) is 0 Å². The molecule has 2 aromatic rings. The minimum atomic E-state index is -4.16. The van der Waals surface area contributed by atoms with Crippen LogP contribution in [-0.4, -0.2) is 49.4 Å². The van der Waals surface area contributed by atoms with Gasteiger partial charge in [-0.3, -0.25) is 19.4 Å². The highest BCUT2D eigenvalue weighted by atomic mass is 32.2. The van der Waals surface area contributed by atoms with Crippen molar-refractivity contribution in [3.8, 4) is 0 Å². The molecule has 0 saturated carbocycles. The normalized spacial score (nSPS) is 10.9. The number of benzene rings is 1. The van der Waals surface area contributed by atoms with Crippen LogP contribution in [0.4, 0.5) is 0 Å². The van der Waals surface area contributed by atoms with Crippen LogP contribution < -0.4 is 10.0 Å². The summed E-state index contributed by atoms with van der Waals surface area (Å²) in [5.74, 6) is -1.64. The van der Waals surface area contributed by atoms with Crippen LogP contribution in [0.15, 0.2) is 47.5 Å². The van der Waals surface area contributed by atoms with Gasteiger partial charge < -0.3 is 15.2 Å². The number of nitrogens with zero attached hydrogens (tertiary/aromatic N) is 1. The van der Waals surface area contributed by atoms with Crippen LogP contribution in [0.5, 0.6) is 0 Å². The highest BCUT2D eigenvalue weighted by Crippen LogP contribution is 2.12. The van der Waals surface area contributed by atoms with Gasteiger partial charge in [-0.15, -0.1) is 0 Å². The number of esters is 1. The van der Waals surface area contributed by atoms with Crippen LogP contribution in [0.3, 0.4) is 0 Å². The average Bonchev–Trinajstić information content (AvgIpc) is 2.76. The number of ether oxygens (including phenoxy) is 1. The minimum Gasteiger partial charge on any atom is -0.466 e. The summed E-state index contributed by atoms with van der Waals surface area (Å²) in [7, 11) is -4.16. The van der Waals surface area contributed by atoms with E-state index in [1.165, 1.54) is 36.4 Å². The number of aliphatic hydroxyl groups is 1. The Morgan fingerprint density at radius 3 is 2.29 bits per heavy atom. The van der Waals surface area contributed by atoms with Crippen molar-refractivity contribution in [3.63, 3.8) is 0 Å². The molecule has 2 amide bonds. The Labute approximate surface area is 179 Å². The third-order valence-electron chi connectivity index (χ3n) is 4.05. The average molecular weight is 449 g/mol.